The van der Waals surface area contributed by atoms with Gasteiger partial charge in [-0.1, -0.05) is 27.7 Å². The summed E-state index contributed by atoms with van der Waals surface area (Å²) < 4.78 is 2.06. The van der Waals surface area contributed by atoms with E-state index in [0.29, 0.717) is 5.41 Å². The van der Waals surface area contributed by atoms with Gasteiger partial charge in [-0.25, -0.2) is 4.98 Å². The highest BCUT2D eigenvalue weighted by molar-refractivity contribution is 4.98. The van der Waals surface area contributed by atoms with E-state index in [4.69, 9.17) is 5.73 Å². The first-order valence-electron chi connectivity index (χ1n) is 8.47. The summed E-state index contributed by atoms with van der Waals surface area (Å²) in [6.07, 6.45) is 8.81. The lowest BCUT2D eigenvalue weighted by molar-refractivity contribution is 0.0903. The molecule has 0 saturated heterocycles. The molecule has 1 fully saturated rings. The highest BCUT2D eigenvalue weighted by atomic mass is 15.3. The first kappa shape index (κ1) is 16.5. The summed E-state index contributed by atoms with van der Waals surface area (Å²) in [6.45, 7) is 11.0. The van der Waals surface area contributed by atoms with Crippen LogP contribution in [0.25, 0.3) is 0 Å². The second-order valence-electron chi connectivity index (χ2n) is 7.92. The van der Waals surface area contributed by atoms with E-state index in [1.807, 2.05) is 0 Å². The fourth-order valence-electron chi connectivity index (χ4n) is 3.71. The Bertz CT molecular complexity index is 436. The van der Waals surface area contributed by atoms with Crippen LogP contribution in [0.2, 0.25) is 0 Å². The molecule has 120 valence electrons. The van der Waals surface area contributed by atoms with Crippen molar-refractivity contribution >= 4 is 0 Å². The lowest BCUT2D eigenvalue weighted by atomic mass is 9.63. The number of hydrogen-bond donors (Lipinski definition) is 1. The van der Waals surface area contributed by atoms with Crippen molar-refractivity contribution in [3.63, 3.8) is 0 Å². The Labute approximate surface area is 129 Å². The smallest absolute Gasteiger partial charge is 0.138 e. The molecule has 21 heavy (non-hydrogen) atoms. The molecule has 0 spiro atoms. The van der Waals surface area contributed by atoms with E-state index in [-0.39, 0.29) is 5.41 Å². The van der Waals surface area contributed by atoms with Crippen molar-refractivity contribution in [2.24, 2.45) is 22.5 Å². The van der Waals surface area contributed by atoms with Gasteiger partial charge in [-0.2, -0.15) is 5.10 Å². The molecule has 0 aromatic carbocycles. The molecule has 4 nitrogen and oxygen atoms in total. The van der Waals surface area contributed by atoms with Crippen LogP contribution < -0.4 is 5.73 Å². The van der Waals surface area contributed by atoms with Gasteiger partial charge in [-0.3, -0.25) is 4.68 Å². The van der Waals surface area contributed by atoms with E-state index in [1.54, 1.807) is 6.33 Å². The molecule has 1 saturated carbocycles. The van der Waals surface area contributed by atoms with Crippen LogP contribution in [0.3, 0.4) is 0 Å². The molecule has 4 heteroatoms. The minimum absolute atomic E-state index is 0.236. The van der Waals surface area contributed by atoms with Crippen LogP contribution in [-0.2, 0) is 13.0 Å². The van der Waals surface area contributed by atoms with Crippen molar-refractivity contribution in [2.45, 2.75) is 72.8 Å². The van der Waals surface area contributed by atoms with E-state index < -0.39 is 0 Å². The Morgan fingerprint density at radius 1 is 1.33 bits per heavy atom. The molecule has 1 heterocycles. The third kappa shape index (κ3) is 3.85. The molecule has 0 bridgehead atoms. The molecule has 2 N–H and O–H groups in total. The molecule has 1 aromatic heterocycles. The minimum Gasteiger partial charge on any atom is -0.330 e. The van der Waals surface area contributed by atoms with Crippen LogP contribution in [-0.4, -0.2) is 21.3 Å². The van der Waals surface area contributed by atoms with Crippen LogP contribution in [0.4, 0.5) is 0 Å². The molecule has 0 radical (unpaired) electrons. The largest absolute Gasteiger partial charge is 0.330 e. The van der Waals surface area contributed by atoms with E-state index >= 15 is 0 Å². The van der Waals surface area contributed by atoms with Gasteiger partial charge < -0.3 is 5.73 Å². The zero-order chi connectivity index (χ0) is 15.5. The standard InChI is InChI=1S/C17H32N4/c1-5-10-21-15(19-13-20-21)11-17(12-18)8-6-14(7-9-17)16(2,3)4/h13-14H,5-12,18H2,1-4H3. The molecule has 0 atom stereocenters. The highest BCUT2D eigenvalue weighted by Gasteiger charge is 2.38. The first-order chi connectivity index (χ1) is 9.90. The van der Waals surface area contributed by atoms with E-state index in [9.17, 15) is 0 Å². The first-order valence-corrected chi connectivity index (χ1v) is 8.47. The molecule has 2 rings (SSSR count). The van der Waals surface area contributed by atoms with Crippen molar-refractivity contribution in [1.82, 2.24) is 14.8 Å². The van der Waals surface area contributed by atoms with Crippen molar-refractivity contribution in [2.75, 3.05) is 6.54 Å². The van der Waals surface area contributed by atoms with Crippen LogP contribution in [0.1, 0.15) is 65.6 Å². The quantitative estimate of drug-likeness (QED) is 0.904. The number of hydrogen-bond acceptors (Lipinski definition) is 3. The lowest BCUT2D eigenvalue weighted by Crippen LogP contribution is -2.40. The monoisotopic (exact) mass is 292 g/mol. The van der Waals surface area contributed by atoms with Gasteiger partial charge in [-0.05, 0) is 55.4 Å². The van der Waals surface area contributed by atoms with Gasteiger partial charge in [-0.15, -0.1) is 0 Å². The van der Waals surface area contributed by atoms with Crippen molar-refractivity contribution in [3.8, 4) is 0 Å². The Morgan fingerprint density at radius 2 is 2.00 bits per heavy atom. The zero-order valence-electron chi connectivity index (χ0n) is 14.2. The molecule has 0 aliphatic heterocycles. The second kappa shape index (κ2) is 6.47. The number of aromatic nitrogens is 3. The average molecular weight is 292 g/mol. The Balaban J connectivity index is 2.05. The van der Waals surface area contributed by atoms with Gasteiger partial charge in [0.15, 0.2) is 0 Å². The minimum atomic E-state index is 0.236. The lowest BCUT2D eigenvalue weighted by Gasteiger charge is -2.43. The van der Waals surface area contributed by atoms with Gasteiger partial charge in [0, 0.05) is 13.0 Å². The van der Waals surface area contributed by atoms with Gasteiger partial charge in [0.2, 0.25) is 0 Å². The van der Waals surface area contributed by atoms with Crippen LogP contribution in [0.15, 0.2) is 6.33 Å². The maximum absolute atomic E-state index is 6.18. The summed E-state index contributed by atoms with van der Waals surface area (Å²) in [7, 11) is 0. The predicted octanol–water partition coefficient (Wildman–Crippen LogP) is 3.41. The molecular weight excluding hydrogens is 260 g/mol. The summed E-state index contributed by atoms with van der Waals surface area (Å²) in [5, 5.41) is 4.36. The van der Waals surface area contributed by atoms with Crippen LogP contribution in [0, 0.1) is 16.7 Å². The summed E-state index contributed by atoms with van der Waals surface area (Å²) in [5.41, 5.74) is 6.83. The predicted molar refractivity (Wildman–Crippen MR) is 86.9 cm³/mol. The Kier molecular flexibility index (Phi) is 5.07. The summed E-state index contributed by atoms with van der Waals surface area (Å²) in [4.78, 5) is 4.49. The van der Waals surface area contributed by atoms with E-state index in [1.165, 1.54) is 25.7 Å². The van der Waals surface area contributed by atoms with Gasteiger partial charge in [0.25, 0.3) is 0 Å². The normalized spacial score (nSPS) is 27.0. The fourth-order valence-corrected chi connectivity index (χ4v) is 3.71. The molecule has 1 aliphatic carbocycles. The molecule has 1 aliphatic rings. The third-order valence-corrected chi connectivity index (χ3v) is 5.37. The number of nitrogens with two attached hydrogens (primary N) is 1. The SMILES string of the molecule is CCCn1ncnc1CC1(CN)CCC(C(C)(C)C)CC1. The Morgan fingerprint density at radius 3 is 2.52 bits per heavy atom. The molecule has 0 unspecified atom stereocenters. The van der Waals surface area contributed by atoms with E-state index in [0.717, 1.165) is 37.7 Å². The third-order valence-electron chi connectivity index (χ3n) is 5.37. The fraction of sp³-hybridized carbons (Fsp3) is 0.882. The second-order valence-corrected chi connectivity index (χ2v) is 7.92. The number of aryl methyl sites for hydroxylation is 1. The van der Waals surface area contributed by atoms with E-state index in [2.05, 4.69) is 42.5 Å². The molecule has 0 amide bonds. The number of nitrogens with zero attached hydrogens (tertiary/aromatic N) is 3. The summed E-state index contributed by atoms with van der Waals surface area (Å²) in [5.74, 6) is 1.95. The average Bonchev–Trinajstić information content (AvgIpc) is 2.86. The van der Waals surface area contributed by atoms with Crippen molar-refractivity contribution in [1.29, 1.82) is 0 Å². The summed E-state index contributed by atoms with van der Waals surface area (Å²) >= 11 is 0. The van der Waals surface area contributed by atoms with Crippen LogP contribution >= 0.6 is 0 Å². The maximum Gasteiger partial charge on any atom is 0.138 e. The van der Waals surface area contributed by atoms with Gasteiger partial charge >= 0.3 is 0 Å². The maximum atomic E-state index is 6.18. The number of rotatable bonds is 5. The van der Waals surface area contributed by atoms with Gasteiger partial charge in [0.05, 0.1) is 0 Å². The van der Waals surface area contributed by atoms with Crippen molar-refractivity contribution in [3.05, 3.63) is 12.2 Å². The summed E-state index contributed by atoms with van der Waals surface area (Å²) in [6, 6.07) is 0. The Hall–Kier alpha value is -0.900. The van der Waals surface area contributed by atoms with Crippen LogP contribution in [0.5, 0.6) is 0 Å². The van der Waals surface area contributed by atoms with Crippen molar-refractivity contribution < 1.29 is 0 Å². The topological polar surface area (TPSA) is 56.7 Å². The highest BCUT2D eigenvalue weighted by Crippen LogP contribution is 2.46. The molecular formula is C17H32N4. The van der Waals surface area contributed by atoms with Gasteiger partial charge in [0.1, 0.15) is 12.2 Å². The zero-order valence-corrected chi connectivity index (χ0v) is 14.2. The molecule has 1 aromatic rings.